The lowest BCUT2D eigenvalue weighted by molar-refractivity contribution is 0.0491. The molecule has 1 aromatic heterocycles. The van der Waals surface area contributed by atoms with E-state index in [0.29, 0.717) is 6.61 Å². The van der Waals surface area contributed by atoms with E-state index in [2.05, 4.69) is 11.9 Å². The standard InChI is InChI=1S/C13H17Cl2NO2/c1-2-3-4-5-6-9-18-13(17)12-10(14)7-8-11(15)16-12/h7-8H,2-6,9H2,1H3. The Morgan fingerprint density at radius 1 is 1.22 bits per heavy atom. The van der Waals surface area contributed by atoms with Crippen LogP contribution in [0.4, 0.5) is 0 Å². The molecule has 0 saturated carbocycles. The highest BCUT2D eigenvalue weighted by Crippen LogP contribution is 2.17. The molecule has 18 heavy (non-hydrogen) atoms. The number of esters is 1. The van der Waals surface area contributed by atoms with Gasteiger partial charge in [-0.25, -0.2) is 9.78 Å². The normalized spacial score (nSPS) is 10.4. The van der Waals surface area contributed by atoms with Gasteiger partial charge in [0.25, 0.3) is 0 Å². The maximum atomic E-state index is 11.7. The zero-order valence-corrected chi connectivity index (χ0v) is 11.9. The molecular formula is C13H17Cl2NO2. The van der Waals surface area contributed by atoms with Crippen molar-refractivity contribution in [2.24, 2.45) is 0 Å². The summed E-state index contributed by atoms with van der Waals surface area (Å²) in [6, 6.07) is 3.07. The predicted octanol–water partition coefficient (Wildman–Crippen LogP) is 4.52. The van der Waals surface area contributed by atoms with Crippen molar-refractivity contribution < 1.29 is 9.53 Å². The highest BCUT2D eigenvalue weighted by atomic mass is 35.5. The molecule has 0 saturated heterocycles. The summed E-state index contributed by atoms with van der Waals surface area (Å²) in [5.74, 6) is -0.516. The third kappa shape index (κ3) is 5.23. The lowest BCUT2D eigenvalue weighted by Crippen LogP contribution is -2.09. The first-order valence-corrected chi connectivity index (χ1v) is 6.90. The fraction of sp³-hybridized carbons (Fsp3) is 0.538. The number of carbonyl (C=O) groups is 1. The SMILES string of the molecule is CCCCCCCOC(=O)c1nc(Cl)ccc1Cl. The van der Waals surface area contributed by atoms with Crippen LogP contribution in [0, 0.1) is 0 Å². The Bertz CT molecular complexity index is 397. The molecule has 0 fully saturated rings. The Labute approximate surface area is 117 Å². The Morgan fingerprint density at radius 3 is 2.67 bits per heavy atom. The first-order chi connectivity index (χ1) is 8.65. The molecule has 0 aliphatic heterocycles. The van der Waals surface area contributed by atoms with Crippen molar-refractivity contribution in [3.63, 3.8) is 0 Å². The van der Waals surface area contributed by atoms with Gasteiger partial charge in [0.05, 0.1) is 11.6 Å². The summed E-state index contributed by atoms with van der Waals surface area (Å²) in [4.78, 5) is 15.5. The topological polar surface area (TPSA) is 39.2 Å². The van der Waals surface area contributed by atoms with Crippen LogP contribution >= 0.6 is 23.2 Å². The van der Waals surface area contributed by atoms with Crippen LogP contribution in [-0.2, 0) is 4.74 Å². The lowest BCUT2D eigenvalue weighted by Gasteiger charge is -2.05. The molecule has 0 aromatic carbocycles. The molecule has 0 aliphatic carbocycles. The first-order valence-electron chi connectivity index (χ1n) is 6.14. The number of halogens is 2. The van der Waals surface area contributed by atoms with Gasteiger partial charge in [-0.1, -0.05) is 55.8 Å². The van der Waals surface area contributed by atoms with Gasteiger partial charge in [0.1, 0.15) is 5.15 Å². The molecule has 0 atom stereocenters. The number of hydrogen-bond acceptors (Lipinski definition) is 3. The highest BCUT2D eigenvalue weighted by molar-refractivity contribution is 6.34. The summed E-state index contributed by atoms with van der Waals surface area (Å²) in [6.07, 6.45) is 5.52. The van der Waals surface area contributed by atoms with Crippen molar-refractivity contribution in [1.82, 2.24) is 4.98 Å². The highest BCUT2D eigenvalue weighted by Gasteiger charge is 2.14. The average Bonchev–Trinajstić information content (AvgIpc) is 2.36. The zero-order chi connectivity index (χ0) is 13.4. The molecule has 100 valence electrons. The minimum Gasteiger partial charge on any atom is -0.461 e. The van der Waals surface area contributed by atoms with Gasteiger partial charge in [0.2, 0.25) is 0 Å². The van der Waals surface area contributed by atoms with Crippen LogP contribution < -0.4 is 0 Å². The van der Waals surface area contributed by atoms with Crippen molar-refractivity contribution in [2.75, 3.05) is 6.61 Å². The molecule has 0 N–H and O–H groups in total. The van der Waals surface area contributed by atoms with E-state index >= 15 is 0 Å². The number of rotatable bonds is 7. The molecule has 0 unspecified atom stereocenters. The second-order valence-corrected chi connectivity index (χ2v) is 4.81. The predicted molar refractivity (Wildman–Crippen MR) is 73.3 cm³/mol. The van der Waals surface area contributed by atoms with Gasteiger partial charge >= 0.3 is 5.97 Å². The van der Waals surface area contributed by atoms with E-state index in [-0.39, 0.29) is 15.9 Å². The van der Waals surface area contributed by atoms with Crippen molar-refractivity contribution in [3.05, 3.63) is 28.0 Å². The molecule has 5 heteroatoms. The number of ether oxygens (including phenoxy) is 1. The van der Waals surface area contributed by atoms with Gasteiger partial charge in [0, 0.05) is 0 Å². The molecule has 1 rings (SSSR count). The quantitative estimate of drug-likeness (QED) is 0.421. The number of unbranched alkanes of at least 4 members (excludes halogenated alkanes) is 4. The Balaban J connectivity index is 2.34. The average molecular weight is 290 g/mol. The minimum atomic E-state index is -0.516. The van der Waals surface area contributed by atoms with Crippen LogP contribution in [0.25, 0.3) is 0 Å². The number of pyridine rings is 1. The summed E-state index contributed by atoms with van der Waals surface area (Å²) in [7, 11) is 0. The molecule has 3 nitrogen and oxygen atoms in total. The van der Waals surface area contributed by atoms with Gasteiger partial charge in [-0.3, -0.25) is 0 Å². The van der Waals surface area contributed by atoms with E-state index in [4.69, 9.17) is 27.9 Å². The maximum Gasteiger partial charge on any atom is 0.358 e. The molecule has 0 aliphatic rings. The molecule has 0 bridgehead atoms. The fourth-order valence-corrected chi connectivity index (χ4v) is 1.83. The second kappa shape index (κ2) is 8.33. The molecule has 0 radical (unpaired) electrons. The Kier molecular flexibility index (Phi) is 7.06. The van der Waals surface area contributed by atoms with E-state index in [1.54, 1.807) is 0 Å². The van der Waals surface area contributed by atoms with Crippen LogP contribution in [-0.4, -0.2) is 17.6 Å². The van der Waals surface area contributed by atoms with E-state index in [1.165, 1.54) is 31.4 Å². The smallest absolute Gasteiger partial charge is 0.358 e. The van der Waals surface area contributed by atoms with Gasteiger partial charge in [-0.05, 0) is 18.6 Å². The molecular weight excluding hydrogens is 273 g/mol. The third-order valence-electron chi connectivity index (χ3n) is 2.49. The van der Waals surface area contributed by atoms with Crippen molar-refractivity contribution in [1.29, 1.82) is 0 Å². The van der Waals surface area contributed by atoms with Gasteiger partial charge < -0.3 is 4.74 Å². The third-order valence-corrected chi connectivity index (χ3v) is 3.00. The van der Waals surface area contributed by atoms with Gasteiger partial charge in [-0.15, -0.1) is 0 Å². The largest absolute Gasteiger partial charge is 0.461 e. The molecule has 0 spiro atoms. The van der Waals surface area contributed by atoms with Crippen LogP contribution in [0.15, 0.2) is 12.1 Å². The monoisotopic (exact) mass is 289 g/mol. The van der Waals surface area contributed by atoms with Crippen LogP contribution in [0.5, 0.6) is 0 Å². The van der Waals surface area contributed by atoms with E-state index < -0.39 is 5.97 Å². The van der Waals surface area contributed by atoms with Crippen LogP contribution in [0.1, 0.15) is 49.5 Å². The van der Waals surface area contributed by atoms with E-state index in [1.807, 2.05) is 0 Å². The summed E-state index contributed by atoms with van der Waals surface area (Å²) < 4.78 is 5.10. The number of nitrogens with zero attached hydrogens (tertiary/aromatic N) is 1. The molecule has 1 heterocycles. The lowest BCUT2D eigenvalue weighted by atomic mass is 10.2. The van der Waals surface area contributed by atoms with E-state index in [9.17, 15) is 4.79 Å². The fourth-order valence-electron chi connectivity index (χ4n) is 1.50. The number of aromatic nitrogens is 1. The maximum absolute atomic E-state index is 11.7. The Morgan fingerprint density at radius 2 is 1.94 bits per heavy atom. The van der Waals surface area contributed by atoms with Crippen molar-refractivity contribution >= 4 is 29.2 Å². The summed E-state index contributed by atoms with van der Waals surface area (Å²) in [5.41, 5.74) is 0.0812. The van der Waals surface area contributed by atoms with Crippen LogP contribution in [0.2, 0.25) is 10.2 Å². The second-order valence-electron chi connectivity index (χ2n) is 4.01. The Hall–Kier alpha value is -0.800. The minimum absolute atomic E-state index is 0.0812. The number of carbonyl (C=O) groups excluding carboxylic acids is 1. The van der Waals surface area contributed by atoms with E-state index in [0.717, 1.165) is 12.8 Å². The van der Waals surface area contributed by atoms with Gasteiger partial charge in [-0.2, -0.15) is 0 Å². The number of hydrogen-bond donors (Lipinski definition) is 0. The van der Waals surface area contributed by atoms with Gasteiger partial charge in [0.15, 0.2) is 5.69 Å². The molecule has 0 amide bonds. The summed E-state index contributed by atoms with van der Waals surface area (Å²) >= 11 is 11.6. The van der Waals surface area contributed by atoms with Crippen molar-refractivity contribution in [3.8, 4) is 0 Å². The zero-order valence-electron chi connectivity index (χ0n) is 10.4. The summed E-state index contributed by atoms with van der Waals surface area (Å²) in [6.45, 7) is 2.56. The first kappa shape index (κ1) is 15.3. The molecule has 1 aromatic rings. The summed E-state index contributed by atoms with van der Waals surface area (Å²) in [5, 5.41) is 0.490. The van der Waals surface area contributed by atoms with Crippen LogP contribution in [0.3, 0.4) is 0 Å². The van der Waals surface area contributed by atoms with Crippen molar-refractivity contribution in [2.45, 2.75) is 39.0 Å².